The van der Waals surface area contributed by atoms with Gasteiger partial charge >= 0.3 is 6.03 Å². The smallest absolute Gasteiger partial charge is 0.317 e. The number of nitrogens with one attached hydrogen (secondary N) is 1. The molecule has 0 aromatic heterocycles. The number of carbonyl (C=O) groups is 1. The Kier molecular flexibility index (Phi) is 6.21. The number of amides is 2. The van der Waals surface area contributed by atoms with Crippen LogP contribution < -0.4 is 5.32 Å². The van der Waals surface area contributed by atoms with E-state index in [1.807, 2.05) is 6.07 Å². The van der Waals surface area contributed by atoms with Gasteiger partial charge in [0.2, 0.25) is 0 Å². The largest absolute Gasteiger partial charge is 0.393 e. The van der Waals surface area contributed by atoms with Gasteiger partial charge in [0.05, 0.1) is 6.10 Å². The molecule has 0 saturated heterocycles. The summed E-state index contributed by atoms with van der Waals surface area (Å²) in [5.74, 6) is 0. The van der Waals surface area contributed by atoms with E-state index in [0.717, 1.165) is 0 Å². The van der Waals surface area contributed by atoms with E-state index in [4.69, 9.17) is 0 Å². The first-order valence-electron chi connectivity index (χ1n) is 7.46. The molecule has 0 bridgehead atoms. The highest BCUT2D eigenvalue weighted by Gasteiger charge is 2.22. The molecule has 1 aromatic rings. The van der Waals surface area contributed by atoms with Crippen LogP contribution in [0.3, 0.4) is 0 Å². The number of hydrogen-bond donors (Lipinski definition) is 2. The van der Waals surface area contributed by atoms with E-state index in [-0.39, 0.29) is 17.6 Å². The van der Waals surface area contributed by atoms with E-state index in [2.05, 4.69) is 44.3 Å². The topological polar surface area (TPSA) is 52.6 Å². The van der Waals surface area contributed by atoms with Crippen molar-refractivity contribution < 1.29 is 9.90 Å². The van der Waals surface area contributed by atoms with E-state index >= 15 is 0 Å². The molecule has 0 radical (unpaired) electrons. The zero-order valence-corrected chi connectivity index (χ0v) is 13.8. The lowest BCUT2D eigenvalue weighted by Gasteiger charge is -2.28. The van der Waals surface area contributed by atoms with Gasteiger partial charge in [-0.3, -0.25) is 0 Å². The second-order valence-electron chi connectivity index (χ2n) is 6.47. The summed E-state index contributed by atoms with van der Waals surface area (Å²) in [6.07, 6.45) is 0.203. The van der Waals surface area contributed by atoms with Crippen molar-refractivity contribution in [3.63, 3.8) is 0 Å². The fourth-order valence-corrected chi connectivity index (χ4v) is 2.08. The van der Waals surface area contributed by atoms with Crippen molar-refractivity contribution in [2.45, 2.75) is 45.6 Å². The molecule has 0 heterocycles. The Morgan fingerprint density at radius 2 is 2.10 bits per heavy atom. The Labute approximate surface area is 128 Å². The first-order chi connectivity index (χ1) is 9.72. The van der Waals surface area contributed by atoms with E-state index in [1.54, 1.807) is 18.9 Å². The van der Waals surface area contributed by atoms with E-state index in [1.165, 1.54) is 11.1 Å². The Morgan fingerprint density at radius 1 is 1.43 bits per heavy atom. The van der Waals surface area contributed by atoms with Crippen molar-refractivity contribution in [2.24, 2.45) is 0 Å². The molecule has 0 aliphatic carbocycles. The van der Waals surface area contributed by atoms with Gasteiger partial charge in [0.25, 0.3) is 0 Å². The lowest BCUT2D eigenvalue weighted by atomic mass is 9.84. The molecular weight excluding hydrogens is 264 g/mol. The number of carbonyl (C=O) groups excluding carboxylic acids is 1. The van der Waals surface area contributed by atoms with Crippen LogP contribution in [0.25, 0.3) is 0 Å². The van der Waals surface area contributed by atoms with Crippen LogP contribution in [0.1, 0.15) is 38.3 Å². The van der Waals surface area contributed by atoms with E-state index in [0.29, 0.717) is 19.5 Å². The van der Waals surface area contributed by atoms with Gasteiger partial charge in [0.1, 0.15) is 0 Å². The number of hydrogen-bond acceptors (Lipinski definition) is 2. The molecule has 1 unspecified atom stereocenters. The molecule has 2 amide bonds. The number of nitrogens with zero attached hydrogens (tertiary/aromatic N) is 1. The maximum atomic E-state index is 12.0. The van der Waals surface area contributed by atoms with E-state index < -0.39 is 0 Å². The van der Waals surface area contributed by atoms with Crippen LogP contribution in [0.4, 0.5) is 4.79 Å². The average Bonchev–Trinajstić information content (AvgIpc) is 2.42. The Bertz CT molecular complexity index is 470. The highest BCUT2D eigenvalue weighted by Crippen LogP contribution is 2.23. The summed E-state index contributed by atoms with van der Waals surface area (Å²) in [6.45, 7) is 9.17. The monoisotopic (exact) mass is 292 g/mol. The summed E-state index contributed by atoms with van der Waals surface area (Å²) < 4.78 is 0. The van der Waals surface area contributed by atoms with Gasteiger partial charge in [-0.15, -0.1) is 0 Å². The highest BCUT2D eigenvalue weighted by atomic mass is 16.3. The normalized spacial score (nSPS) is 12.9. The minimum atomic E-state index is -0.385. The van der Waals surface area contributed by atoms with Gasteiger partial charge in [-0.1, -0.05) is 43.7 Å². The molecular formula is C17H28N2O2. The van der Waals surface area contributed by atoms with Crippen molar-refractivity contribution >= 4 is 6.03 Å². The molecule has 0 spiro atoms. The number of rotatable bonds is 6. The first-order valence-corrected chi connectivity index (χ1v) is 7.46. The summed E-state index contributed by atoms with van der Waals surface area (Å²) in [5.41, 5.74) is 2.32. The molecule has 1 rings (SSSR count). The summed E-state index contributed by atoms with van der Waals surface area (Å²) in [7, 11) is 1.75. The SMILES string of the molecule is Cc1cccc(C(C)(C)CNC(=O)N(C)CCC(C)O)c1. The first kappa shape index (κ1) is 17.5. The Balaban J connectivity index is 2.55. The molecule has 2 N–H and O–H groups in total. The highest BCUT2D eigenvalue weighted by molar-refractivity contribution is 5.73. The second-order valence-corrected chi connectivity index (χ2v) is 6.47. The molecule has 4 nitrogen and oxygen atoms in total. The van der Waals surface area contributed by atoms with Crippen molar-refractivity contribution in [3.8, 4) is 0 Å². The third-order valence-electron chi connectivity index (χ3n) is 3.71. The second kappa shape index (κ2) is 7.46. The van der Waals surface area contributed by atoms with Crippen LogP contribution in [0.15, 0.2) is 24.3 Å². The molecule has 0 aliphatic rings. The summed E-state index contributed by atoms with van der Waals surface area (Å²) >= 11 is 0. The number of urea groups is 1. The van der Waals surface area contributed by atoms with Crippen LogP contribution in [-0.4, -0.2) is 42.3 Å². The zero-order chi connectivity index (χ0) is 16.0. The Morgan fingerprint density at radius 3 is 2.67 bits per heavy atom. The fraction of sp³-hybridized carbons (Fsp3) is 0.588. The molecule has 118 valence electrons. The van der Waals surface area contributed by atoms with Gasteiger partial charge in [0.15, 0.2) is 0 Å². The van der Waals surface area contributed by atoms with Crippen LogP contribution in [0.2, 0.25) is 0 Å². The number of benzene rings is 1. The number of aliphatic hydroxyl groups excluding tert-OH is 1. The molecule has 4 heteroatoms. The third-order valence-corrected chi connectivity index (χ3v) is 3.71. The quantitative estimate of drug-likeness (QED) is 0.847. The maximum absolute atomic E-state index is 12.0. The summed E-state index contributed by atoms with van der Waals surface area (Å²) in [5, 5.41) is 12.2. The van der Waals surface area contributed by atoms with Crippen LogP contribution in [-0.2, 0) is 5.41 Å². The van der Waals surface area contributed by atoms with Crippen molar-refractivity contribution in [3.05, 3.63) is 35.4 Å². The van der Waals surface area contributed by atoms with E-state index in [9.17, 15) is 9.90 Å². The number of aryl methyl sites for hydroxylation is 1. The van der Waals surface area contributed by atoms with Gasteiger partial charge < -0.3 is 15.3 Å². The van der Waals surface area contributed by atoms with Gasteiger partial charge in [-0.05, 0) is 25.8 Å². The maximum Gasteiger partial charge on any atom is 0.317 e. The van der Waals surface area contributed by atoms with Crippen molar-refractivity contribution in [2.75, 3.05) is 20.1 Å². The minimum Gasteiger partial charge on any atom is -0.393 e. The van der Waals surface area contributed by atoms with Crippen LogP contribution in [0.5, 0.6) is 0 Å². The minimum absolute atomic E-state index is 0.101. The molecule has 1 aromatic carbocycles. The fourth-order valence-electron chi connectivity index (χ4n) is 2.08. The van der Waals surface area contributed by atoms with Crippen LogP contribution >= 0.6 is 0 Å². The van der Waals surface area contributed by atoms with Crippen molar-refractivity contribution in [1.82, 2.24) is 10.2 Å². The Hall–Kier alpha value is -1.55. The van der Waals surface area contributed by atoms with Gasteiger partial charge in [-0.25, -0.2) is 4.79 Å². The third kappa shape index (κ3) is 5.76. The number of aliphatic hydroxyl groups is 1. The molecule has 1 atom stereocenters. The molecule has 0 saturated carbocycles. The van der Waals surface area contributed by atoms with Crippen LogP contribution in [0, 0.1) is 6.92 Å². The molecule has 0 fully saturated rings. The zero-order valence-electron chi connectivity index (χ0n) is 13.8. The lowest BCUT2D eigenvalue weighted by molar-refractivity contribution is 0.163. The average molecular weight is 292 g/mol. The predicted octanol–water partition coefficient (Wildman–Crippen LogP) is 2.68. The standard InChI is InChI=1S/C17H28N2O2/c1-13-7-6-8-15(11-13)17(3,4)12-18-16(21)19(5)10-9-14(2)20/h6-8,11,14,20H,9-10,12H2,1-5H3,(H,18,21). The molecule has 0 aliphatic heterocycles. The van der Waals surface area contributed by atoms with Gasteiger partial charge in [0, 0.05) is 25.6 Å². The summed E-state index contributed by atoms with van der Waals surface area (Å²) in [4.78, 5) is 13.6. The predicted molar refractivity (Wildman–Crippen MR) is 86.5 cm³/mol. The molecule has 21 heavy (non-hydrogen) atoms. The summed E-state index contributed by atoms with van der Waals surface area (Å²) in [6, 6.07) is 8.27. The van der Waals surface area contributed by atoms with Crippen molar-refractivity contribution in [1.29, 1.82) is 0 Å². The van der Waals surface area contributed by atoms with Gasteiger partial charge in [-0.2, -0.15) is 0 Å². The lowest BCUT2D eigenvalue weighted by Crippen LogP contribution is -2.43.